The second kappa shape index (κ2) is 7.05. The number of aliphatic hydroxyl groups is 1. The molecule has 0 radical (unpaired) electrons. The van der Waals surface area contributed by atoms with Crippen molar-refractivity contribution >= 4 is 10.0 Å². The predicted molar refractivity (Wildman–Crippen MR) is 82.1 cm³/mol. The molecule has 0 atom stereocenters. The standard InChI is InChI=1S/C15H20N2O3S/c1-21(19,20)17-10-8-16(9-11-17)13-15-6-4-14(5-7-15)3-2-12-18/h4-7,18H,8-13H2,1H3. The fourth-order valence-corrected chi connectivity index (χ4v) is 3.14. The lowest BCUT2D eigenvalue weighted by Gasteiger charge is -2.33. The van der Waals surface area contributed by atoms with Crippen molar-refractivity contribution in [2.45, 2.75) is 6.54 Å². The maximum Gasteiger partial charge on any atom is 0.211 e. The molecule has 0 bridgehead atoms. The summed E-state index contributed by atoms with van der Waals surface area (Å²) in [7, 11) is -3.07. The lowest BCUT2D eigenvalue weighted by Crippen LogP contribution is -2.47. The Labute approximate surface area is 126 Å². The van der Waals surface area contributed by atoms with Gasteiger partial charge in [-0.05, 0) is 17.7 Å². The Hall–Kier alpha value is -1.39. The van der Waals surface area contributed by atoms with Gasteiger partial charge in [-0.1, -0.05) is 24.0 Å². The molecule has 1 heterocycles. The summed E-state index contributed by atoms with van der Waals surface area (Å²) in [6, 6.07) is 7.91. The van der Waals surface area contributed by atoms with E-state index in [1.165, 1.54) is 16.1 Å². The highest BCUT2D eigenvalue weighted by atomic mass is 32.2. The molecule has 1 fully saturated rings. The van der Waals surface area contributed by atoms with Crippen LogP contribution in [-0.2, 0) is 16.6 Å². The minimum Gasteiger partial charge on any atom is -0.384 e. The van der Waals surface area contributed by atoms with Gasteiger partial charge in [0.25, 0.3) is 0 Å². The zero-order valence-electron chi connectivity index (χ0n) is 12.1. The van der Waals surface area contributed by atoms with E-state index < -0.39 is 10.0 Å². The third kappa shape index (κ3) is 4.83. The van der Waals surface area contributed by atoms with Crippen LogP contribution in [-0.4, -0.2) is 61.8 Å². The van der Waals surface area contributed by atoms with Crippen molar-refractivity contribution in [3.05, 3.63) is 35.4 Å². The van der Waals surface area contributed by atoms with Gasteiger partial charge in [-0.15, -0.1) is 0 Å². The number of hydrogen-bond acceptors (Lipinski definition) is 4. The van der Waals surface area contributed by atoms with Crippen molar-refractivity contribution in [1.29, 1.82) is 0 Å². The van der Waals surface area contributed by atoms with E-state index in [1.54, 1.807) is 0 Å². The highest BCUT2D eigenvalue weighted by Crippen LogP contribution is 2.11. The van der Waals surface area contributed by atoms with Crippen LogP contribution in [0.3, 0.4) is 0 Å². The Bertz CT molecular complexity index is 621. The van der Waals surface area contributed by atoms with Crippen LogP contribution >= 0.6 is 0 Å². The number of rotatable bonds is 3. The molecule has 0 unspecified atom stereocenters. The quantitative estimate of drug-likeness (QED) is 0.805. The monoisotopic (exact) mass is 308 g/mol. The number of hydrogen-bond donors (Lipinski definition) is 1. The first-order valence-electron chi connectivity index (χ1n) is 6.85. The van der Waals surface area contributed by atoms with Crippen molar-refractivity contribution in [2.24, 2.45) is 0 Å². The maximum atomic E-state index is 11.5. The minimum absolute atomic E-state index is 0.133. The molecule has 5 nitrogen and oxygen atoms in total. The summed E-state index contributed by atoms with van der Waals surface area (Å²) >= 11 is 0. The molecule has 0 aromatic heterocycles. The zero-order valence-corrected chi connectivity index (χ0v) is 12.9. The number of nitrogens with zero attached hydrogens (tertiary/aromatic N) is 2. The van der Waals surface area contributed by atoms with Gasteiger partial charge in [0, 0.05) is 38.3 Å². The third-order valence-electron chi connectivity index (χ3n) is 3.47. The van der Waals surface area contributed by atoms with E-state index in [0.717, 1.165) is 25.2 Å². The molecule has 6 heteroatoms. The van der Waals surface area contributed by atoms with Crippen LogP contribution < -0.4 is 0 Å². The zero-order chi connectivity index (χ0) is 15.3. The molecular formula is C15H20N2O3S. The van der Waals surface area contributed by atoms with Gasteiger partial charge in [0.2, 0.25) is 10.0 Å². The largest absolute Gasteiger partial charge is 0.384 e. The van der Waals surface area contributed by atoms with E-state index in [2.05, 4.69) is 16.7 Å². The molecule has 0 spiro atoms. The van der Waals surface area contributed by atoms with Crippen molar-refractivity contribution in [3.8, 4) is 11.8 Å². The van der Waals surface area contributed by atoms with Crippen LogP contribution in [0, 0.1) is 11.8 Å². The fraction of sp³-hybridized carbons (Fsp3) is 0.467. The first-order valence-corrected chi connectivity index (χ1v) is 8.70. The average molecular weight is 308 g/mol. The van der Waals surface area contributed by atoms with Crippen molar-refractivity contribution in [2.75, 3.05) is 39.0 Å². The molecule has 0 saturated carbocycles. The Morgan fingerprint density at radius 1 is 1.14 bits per heavy atom. The number of benzene rings is 1. The summed E-state index contributed by atoms with van der Waals surface area (Å²) in [6.07, 6.45) is 1.26. The molecule has 0 amide bonds. The molecule has 21 heavy (non-hydrogen) atoms. The molecule has 1 aliphatic rings. The number of sulfonamides is 1. The van der Waals surface area contributed by atoms with Crippen LogP contribution in [0.25, 0.3) is 0 Å². The van der Waals surface area contributed by atoms with Gasteiger partial charge in [-0.25, -0.2) is 8.42 Å². The Balaban J connectivity index is 1.89. The van der Waals surface area contributed by atoms with Gasteiger partial charge in [-0.2, -0.15) is 4.31 Å². The lowest BCUT2D eigenvalue weighted by atomic mass is 10.1. The van der Waals surface area contributed by atoms with Crippen molar-refractivity contribution in [1.82, 2.24) is 9.21 Å². The highest BCUT2D eigenvalue weighted by Gasteiger charge is 2.23. The van der Waals surface area contributed by atoms with Crippen LogP contribution in [0.15, 0.2) is 24.3 Å². The summed E-state index contributed by atoms with van der Waals surface area (Å²) < 4.78 is 24.4. The molecule has 2 rings (SSSR count). The van der Waals surface area contributed by atoms with Gasteiger partial charge in [0.1, 0.15) is 6.61 Å². The second-order valence-corrected chi connectivity index (χ2v) is 7.08. The number of piperazine rings is 1. The van der Waals surface area contributed by atoms with Crippen LogP contribution in [0.4, 0.5) is 0 Å². The second-order valence-electron chi connectivity index (χ2n) is 5.10. The van der Waals surface area contributed by atoms with E-state index in [4.69, 9.17) is 5.11 Å². The van der Waals surface area contributed by atoms with E-state index in [9.17, 15) is 8.42 Å². The van der Waals surface area contributed by atoms with Gasteiger partial charge in [0.05, 0.1) is 6.26 Å². The summed E-state index contributed by atoms with van der Waals surface area (Å²) in [6.45, 7) is 3.29. The van der Waals surface area contributed by atoms with E-state index in [1.807, 2.05) is 24.3 Å². The molecule has 1 saturated heterocycles. The van der Waals surface area contributed by atoms with Gasteiger partial charge in [0.15, 0.2) is 0 Å². The van der Waals surface area contributed by atoms with E-state index >= 15 is 0 Å². The topological polar surface area (TPSA) is 60.9 Å². The lowest BCUT2D eigenvalue weighted by molar-refractivity contribution is 0.182. The fourth-order valence-electron chi connectivity index (χ4n) is 2.31. The molecule has 1 aliphatic heterocycles. The summed E-state index contributed by atoms with van der Waals surface area (Å²) in [5.74, 6) is 5.48. The highest BCUT2D eigenvalue weighted by molar-refractivity contribution is 7.88. The van der Waals surface area contributed by atoms with Crippen LogP contribution in [0.2, 0.25) is 0 Å². The molecule has 1 N–H and O–H groups in total. The van der Waals surface area contributed by atoms with E-state index in [-0.39, 0.29) is 6.61 Å². The predicted octanol–water partition coefficient (Wildman–Crippen LogP) is 0.108. The summed E-state index contributed by atoms with van der Waals surface area (Å²) in [5.41, 5.74) is 2.06. The van der Waals surface area contributed by atoms with Gasteiger partial charge < -0.3 is 5.11 Å². The first-order chi connectivity index (χ1) is 9.99. The molecule has 1 aromatic rings. The van der Waals surface area contributed by atoms with Gasteiger partial charge >= 0.3 is 0 Å². The average Bonchev–Trinajstić information content (AvgIpc) is 2.46. The van der Waals surface area contributed by atoms with Crippen LogP contribution in [0.1, 0.15) is 11.1 Å². The number of aliphatic hydroxyl groups excluding tert-OH is 1. The smallest absolute Gasteiger partial charge is 0.211 e. The normalized spacial score (nSPS) is 17.2. The Morgan fingerprint density at radius 2 is 1.76 bits per heavy atom. The first kappa shape index (κ1) is 16.0. The third-order valence-corrected chi connectivity index (χ3v) is 4.78. The van der Waals surface area contributed by atoms with Crippen molar-refractivity contribution in [3.63, 3.8) is 0 Å². The molecule has 0 aliphatic carbocycles. The Kier molecular flexibility index (Phi) is 5.37. The summed E-state index contributed by atoms with van der Waals surface area (Å²) in [4.78, 5) is 2.25. The molecule has 114 valence electrons. The van der Waals surface area contributed by atoms with E-state index in [0.29, 0.717) is 13.1 Å². The van der Waals surface area contributed by atoms with Crippen LogP contribution in [0.5, 0.6) is 0 Å². The van der Waals surface area contributed by atoms with Gasteiger partial charge in [-0.3, -0.25) is 4.90 Å². The Morgan fingerprint density at radius 3 is 2.29 bits per heavy atom. The summed E-state index contributed by atoms with van der Waals surface area (Å²) in [5, 5.41) is 8.65. The minimum atomic E-state index is -3.07. The molecule has 1 aromatic carbocycles. The maximum absolute atomic E-state index is 11.5. The van der Waals surface area contributed by atoms with Crippen molar-refractivity contribution < 1.29 is 13.5 Å². The molecular weight excluding hydrogens is 288 g/mol. The SMILES string of the molecule is CS(=O)(=O)N1CCN(Cc2ccc(C#CCO)cc2)CC1.